The summed E-state index contributed by atoms with van der Waals surface area (Å²) in [5, 5.41) is 11.9. The van der Waals surface area contributed by atoms with Crippen LogP contribution in [0.25, 0.3) is 16.0 Å². The van der Waals surface area contributed by atoms with Crippen molar-refractivity contribution in [1.82, 2.24) is 4.90 Å². The van der Waals surface area contributed by atoms with E-state index in [1.165, 1.54) is 17.6 Å². The predicted molar refractivity (Wildman–Crippen MR) is 143 cm³/mol. The Balaban J connectivity index is -0.000000216. The van der Waals surface area contributed by atoms with Crippen molar-refractivity contribution < 1.29 is 31.2 Å². The second-order valence-corrected chi connectivity index (χ2v) is 7.82. The zero-order chi connectivity index (χ0) is 25.4. The molecule has 6 nitrogen and oxygen atoms in total. The van der Waals surface area contributed by atoms with E-state index < -0.39 is 0 Å². The standard InChI is InChI=1S/C14H24NO2.3C4H10N.Ti/c1-10(2)15(11(3)4)14(16)17-9-13-8-6-7-12(13)5;3*1-3-5-4-2;/h9-11H,6-8H2,1-5H3;3*3-4H2,1-2H3;/q4*-1;+4. The van der Waals surface area contributed by atoms with Gasteiger partial charge in [-0.2, -0.15) is 44.8 Å². The first-order valence-corrected chi connectivity index (χ1v) is 12.6. The largest absolute Gasteiger partial charge is 4.00 e. The second kappa shape index (κ2) is 29.5. The first kappa shape index (κ1) is 39.7. The summed E-state index contributed by atoms with van der Waals surface area (Å²) in [7, 11) is 0. The number of hydrogen-bond donors (Lipinski definition) is 0. The molecule has 0 aromatic heterocycles. The zero-order valence-electron chi connectivity index (χ0n) is 23.7. The summed E-state index contributed by atoms with van der Waals surface area (Å²) in [6, 6.07) is 0.323. The summed E-state index contributed by atoms with van der Waals surface area (Å²) in [4.78, 5) is 13.7. The third-order valence-corrected chi connectivity index (χ3v) is 4.51. The molecule has 0 aromatic carbocycles. The Morgan fingerprint density at radius 2 is 1.18 bits per heavy atom. The van der Waals surface area contributed by atoms with Gasteiger partial charge in [-0.25, -0.2) is 10.4 Å². The van der Waals surface area contributed by atoms with Crippen molar-refractivity contribution in [1.29, 1.82) is 0 Å². The second-order valence-electron chi connectivity index (χ2n) is 7.82. The summed E-state index contributed by atoms with van der Waals surface area (Å²) in [6.45, 7) is 29.8. The predicted octanol–water partition coefficient (Wildman–Crippen LogP) is 8.10. The van der Waals surface area contributed by atoms with Crippen LogP contribution in [0, 0.1) is 6.61 Å². The summed E-state index contributed by atoms with van der Waals surface area (Å²) in [6.07, 6.45) is 3.08. The quantitative estimate of drug-likeness (QED) is 0.224. The molecule has 33 heavy (non-hydrogen) atoms. The summed E-state index contributed by atoms with van der Waals surface area (Å²) in [5.41, 5.74) is 2.53. The van der Waals surface area contributed by atoms with Crippen molar-refractivity contribution >= 4 is 6.09 Å². The molecule has 0 N–H and O–H groups in total. The van der Waals surface area contributed by atoms with Gasteiger partial charge in [0, 0.05) is 12.1 Å². The molecular formula is C26H54N4O2Ti. The van der Waals surface area contributed by atoms with Gasteiger partial charge < -0.3 is 25.6 Å². The smallest absolute Gasteiger partial charge is 0.663 e. The first-order valence-electron chi connectivity index (χ1n) is 12.6. The SMILES string of the molecule is CC1=C([CH-]OC(=O)N(C(C)C)C(C)C)CCC1.CC[N-]CC.CC[N-]CC.CC[N-]CC.[Ti+4]. The van der Waals surface area contributed by atoms with Crippen LogP contribution in [0.15, 0.2) is 11.1 Å². The van der Waals surface area contributed by atoms with Crippen molar-refractivity contribution in [3.63, 3.8) is 0 Å². The monoisotopic (exact) mass is 502 g/mol. The van der Waals surface area contributed by atoms with Gasteiger partial charge in [-0.1, -0.05) is 67.4 Å². The molecule has 0 fully saturated rings. The average molecular weight is 503 g/mol. The summed E-state index contributed by atoms with van der Waals surface area (Å²) in [5.74, 6) is 0. The van der Waals surface area contributed by atoms with Crippen molar-refractivity contribution in [2.45, 2.75) is 108 Å². The van der Waals surface area contributed by atoms with Gasteiger partial charge in [-0.3, -0.25) is 0 Å². The van der Waals surface area contributed by atoms with Crippen molar-refractivity contribution in [3.8, 4) is 0 Å². The average Bonchev–Trinajstić information content (AvgIpc) is 3.14. The number of amides is 1. The maximum absolute atomic E-state index is 11.9. The number of carbonyl (C=O) groups is 1. The van der Waals surface area contributed by atoms with Crippen molar-refractivity contribution in [2.24, 2.45) is 0 Å². The van der Waals surface area contributed by atoms with Crippen LogP contribution >= 0.6 is 0 Å². The Labute approximate surface area is 222 Å². The van der Waals surface area contributed by atoms with Gasteiger partial charge in [-0.15, -0.1) is 6.92 Å². The minimum atomic E-state index is -0.248. The van der Waals surface area contributed by atoms with Crippen molar-refractivity contribution in [3.05, 3.63) is 33.7 Å². The molecule has 0 spiro atoms. The van der Waals surface area contributed by atoms with Crippen LogP contribution in [0.4, 0.5) is 4.79 Å². The van der Waals surface area contributed by atoms with Gasteiger partial charge >= 0.3 is 27.8 Å². The van der Waals surface area contributed by atoms with Crippen LogP contribution in [-0.2, 0) is 26.5 Å². The molecule has 0 unspecified atom stereocenters. The summed E-state index contributed by atoms with van der Waals surface area (Å²) >= 11 is 0. The molecule has 1 aliphatic rings. The first-order chi connectivity index (χ1) is 15.2. The van der Waals surface area contributed by atoms with Gasteiger partial charge in [0.15, 0.2) is 0 Å². The van der Waals surface area contributed by atoms with Crippen LogP contribution in [-0.4, -0.2) is 62.3 Å². The van der Waals surface area contributed by atoms with Crippen LogP contribution in [0.2, 0.25) is 0 Å². The molecule has 0 aromatic rings. The molecule has 7 heteroatoms. The van der Waals surface area contributed by atoms with E-state index in [9.17, 15) is 4.79 Å². The van der Waals surface area contributed by atoms with Crippen LogP contribution in [0.5, 0.6) is 0 Å². The van der Waals surface area contributed by atoms with E-state index in [1.54, 1.807) is 11.5 Å². The van der Waals surface area contributed by atoms with Gasteiger partial charge in [0.2, 0.25) is 0 Å². The molecule has 0 saturated heterocycles. The van der Waals surface area contributed by atoms with Gasteiger partial charge in [0.25, 0.3) is 0 Å². The third kappa shape index (κ3) is 25.9. The van der Waals surface area contributed by atoms with E-state index in [0.29, 0.717) is 0 Å². The number of nitrogens with zero attached hydrogens (tertiary/aromatic N) is 4. The number of hydrogen-bond acceptors (Lipinski definition) is 2. The van der Waals surface area contributed by atoms with E-state index in [0.717, 1.165) is 52.1 Å². The number of ether oxygens (including phenoxy) is 1. The Kier molecular flexibility index (Phi) is 35.5. The van der Waals surface area contributed by atoms with Crippen molar-refractivity contribution in [2.75, 3.05) is 39.3 Å². The van der Waals surface area contributed by atoms with E-state index >= 15 is 0 Å². The van der Waals surface area contributed by atoms with E-state index in [4.69, 9.17) is 4.74 Å². The molecule has 0 saturated carbocycles. The molecule has 0 heterocycles. The zero-order valence-corrected chi connectivity index (χ0v) is 25.3. The fourth-order valence-electron chi connectivity index (χ4n) is 2.95. The van der Waals surface area contributed by atoms with Crippen LogP contribution < -0.4 is 0 Å². The molecule has 0 atom stereocenters. The fraction of sp³-hybridized carbons (Fsp3) is 0.846. The van der Waals surface area contributed by atoms with E-state index in [-0.39, 0.29) is 39.9 Å². The fourth-order valence-corrected chi connectivity index (χ4v) is 2.95. The number of rotatable bonds is 10. The minimum absolute atomic E-state index is 0. The third-order valence-electron chi connectivity index (χ3n) is 4.51. The van der Waals surface area contributed by atoms with Crippen LogP contribution in [0.3, 0.4) is 0 Å². The summed E-state index contributed by atoms with van der Waals surface area (Å²) < 4.78 is 5.29. The topological polar surface area (TPSA) is 71.8 Å². The van der Waals surface area contributed by atoms with E-state index in [1.807, 2.05) is 69.2 Å². The number of carbonyl (C=O) groups excluding carboxylic acids is 1. The molecule has 0 bridgehead atoms. The van der Waals surface area contributed by atoms with Crippen LogP contribution in [0.1, 0.15) is 95.4 Å². The minimum Gasteiger partial charge on any atom is -0.663 e. The Morgan fingerprint density at radius 3 is 1.39 bits per heavy atom. The maximum atomic E-state index is 11.9. The van der Waals surface area contributed by atoms with E-state index in [2.05, 4.69) is 22.9 Å². The Hall–Kier alpha value is -0.526. The molecule has 194 valence electrons. The number of allylic oxidation sites excluding steroid dienone is 1. The molecule has 1 rings (SSSR count). The molecule has 1 aliphatic carbocycles. The molecule has 0 radical (unpaired) electrons. The van der Waals surface area contributed by atoms with Gasteiger partial charge in [0.05, 0.1) is 0 Å². The Bertz CT molecular complexity index is 416. The molecule has 1 amide bonds. The maximum Gasteiger partial charge on any atom is 4.00 e. The normalized spacial score (nSPS) is 11.9. The van der Waals surface area contributed by atoms with Gasteiger partial charge in [0.1, 0.15) is 0 Å². The Morgan fingerprint density at radius 1 is 0.818 bits per heavy atom. The van der Waals surface area contributed by atoms with Gasteiger partial charge in [-0.05, 0) is 27.7 Å². The molecule has 0 aliphatic heterocycles. The molecular weight excluding hydrogens is 448 g/mol.